The third-order valence-electron chi connectivity index (χ3n) is 9.05. The van der Waals surface area contributed by atoms with Crippen molar-refractivity contribution >= 4 is 11.6 Å². The number of rotatable bonds is 24. The van der Waals surface area contributed by atoms with Gasteiger partial charge in [0.2, 0.25) is 11.6 Å². The summed E-state index contributed by atoms with van der Waals surface area (Å²) in [6, 6.07) is 17.3. The molecule has 2 N–H and O–H groups in total. The highest BCUT2D eigenvalue weighted by Crippen LogP contribution is 2.22. The van der Waals surface area contributed by atoms with Crippen molar-refractivity contribution in [3.8, 4) is 11.5 Å². The number of carbonyl (C=O) groups is 2. The summed E-state index contributed by atoms with van der Waals surface area (Å²) in [6.45, 7) is 14.1. The van der Waals surface area contributed by atoms with E-state index in [2.05, 4.69) is 72.4 Å². The summed E-state index contributed by atoms with van der Waals surface area (Å²) in [4.78, 5) is 30.3. The van der Waals surface area contributed by atoms with Gasteiger partial charge in [0.1, 0.15) is 11.5 Å². The molecule has 0 saturated carbocycles. The molecule has 8 heteroatoms. The highest BCUT2D eigenvalue weighted by atomic mass is 16.5. The van der Waals surface area contributed by atoms with Gasteiger partial charge in [-0.1, -0.05) is 62.1 Å². The summed E-state index contributed by atoms with van der Waals surface area (Å²) in [7, 11) is 3.45. The molecule has 0 heterocycles. The second-order valence-electron chi connectivity index (χ2n) is 13.3. The van der Waals surface area contributed by atoms with Crippen molar-refractivity contribution in [2.75, 3.05) is 40.4 Å². The van der Waals surface area contributed by atoms with E-state index in [0.717, 1.165) is 89.0 Å². The van der Waals surface area contributed by atoms with E-state index >= 15 is 0 Å². The molecule has 0 amide bonds. The number of ketones is 2. The summed E-state index contributed by atoms with van der Waals surface area (Å²) in [5, 5.41) is 6.40. The van der Waals surface area contributed by atoms with Gasteiger partial charge in [0.05, 0.1) is 25.6 Å². The highest BCUT2D eigenvalue weighted by Gasteiger charge is 2.20. The van der Waals surface area contributed by atoms with Crippen molar-refractivity contribution in [1.29, 1.82) is 0 Å². The summed E-state index contributed by atoms with van der Waals surface area (Å²) < 4.78 is 11.1. The maximum absolute atomic E-state index is 12.7. The first-order chi connectivity index (χ1) is 23.2. The molecule has 3 rings (SSSR count). The van der Waals surface area contributed by atoms with Gasteiger partial charge in [0, 0.05) is 61.5 Å². The number of nitrogens with zero attached hydrogens (tertiary/aromatic N) is 2. The Kier molecular flexibility index (Phi) is 17.3. The van der Waals surface area contributed by atoms with Crippen LogP contribution in [0.4, 0.5) is 0 Å². The third kappa shape index (κ3) is 13.1. The predicted octanol–water partition coefficient (Wildman–Crippen LogP) is 7.04. The average molecular weight is 661 g/mol. The zero-order valence-electron chi connectivity index (χ0n) is 30.4. The van der Waals surface area contributed by atoms with Crippen molar-refractivity contribution in [3.63, 3.8) is 0 Å². The molecule has 2 aromatic rings. The second-order valence-corrected chi connectivity index (χ2v) is 13.3. The molecule has 0 saturated heterocycles. The maximum atomic E-state index is 12.7. The number of allylic oxidation sites excluding steroid dienone is 2. The fourth-order valence-corrected chi connectivity index (χ4v) is 6.01. The molecule has 8 nitrogen and oxygen atoms in total. The SMILES string of the molecule is COc1ccccc1CN(CCCCCCNC1=CC(=O)C(NCCCCCCN(Cc2ccccc2OC)C(C)C)=CC1=O)C(C)C. The lowest BCUT2D eigenvalue weighted by molar-refractivity contribution is -0.115. The Bertz CT molecular complexity index is 1230. The molecule has 2 aromatic carbocycles. The smallest absolute Gasteiger partial charge is 0.203 e. The number of para-hydroxylation sites is 2. The number of hydrogen-bond donors (Lipinski definition) is 2. The van der Waals surface area contributed by atoms with Gasteiger partial charge in [-0.05, 0) is 78.6 Å². The van der Waals surface area contributed by atoms with Gasteiger partial charge >= 0.3 is 0 Å². The monoisotopic (exact) mass is 660 g/mol. The van der Waals surface area contributed by atoms with Gasteiger partial charge in [-0.15, -0.1) is 0 Å². The minimum absolute atomic E-state index is 0.134. The number of methoxy groups -OCH3 is 2. The first-order valence-electron chi connectivity index (χ1n) is 17.9. The first-order valence-corrected chi connectivity index (χ1v) is 17.9. The standard InChI is InChI=1S/C40H60N4O4/c1-31(2)43(29-33-19-11-13-21-39(33)47-5)25-17-9-7-15-23-41-35-27-38(46)36(28-37(35)45)42-24-16-8-10-18-26-44(32(3)4)30-34-20-12-14-22-40(34)48-6/h11-14,19-22,27-28,31-32,41-42H,7-10,15-18,23-26,29-30H2,1-6H3. The quantitative estimate of drug-likeness (QED) is 0.0917. The number of ether oxygens (including phenoxy) is 2. The number of unbranched alkanes of at least 4 members (excludes halogenated alkanes) is 6. The molecule has 0 unspecified atom stereocenters. The molecule has 0 aliphatic heterocycles. The van der Waals surface area contributed by atoms with Gasteiger partial charge in [-0.2, -0.15) is 0 Å². The van der Waals surface area contributed by atoms with Crippen molar-refractivity contribution in [1.82, 2.24) is 20.4 Å². The van der Waals surface area contributed by atoms with E-state index in [9.17, 15) is 9.59 Å². The Morgan fingerprint density at radius 2 is 0.938 bits per heavy atom. The Labute approximate surface area is 289 Å². The summed E-state index contributed by atoms with van der Waals surface area (Å²) in [5.74, 6) is 1.61. The van der Waals surface area contributed by atoms with Crippen LogP contribution in [0.2, 0.25) is 0 Å². The molecule has 48 heavy (non-hydrogen) atoms. The molecule has 0 radical (unpaired) electrons. The summed E-state index contributed by atoms with van der Waals surface area (Å²) in [6.07, 6.45) is 11.4. The molecular formula is C40H60N4O4. The van der Waals surface area contributed by atoms with Gasteiger partial charge in [-0.25, -0.2) is 0 Å². The van der Waals surface area contributed by atoms with Gasteiger partial charge in [0.15, 0.2) is 0 Å². The van der Waals surface area contributed by atoms with Crippen LogP contribution in [0, 0.1) is 0 Å². The molecule has 1 aliphatic rings. The maximum Gasteiger partial charge on any atom is 0.203 e. The lowest BCUT2D eigenvalue weighted by Crippen LogP contribution is -2.31. The Morgan fingerprint density at radius 1 is 0.562 bits per heavy atom. The minimum atomic E-state index is -0.134. The van der Waals surface area contributed by atoms with Crippen LogP contribution in [0.25, 0.3) is 0 Å². The molecule has 1 aliphatic carbocycles. The van der Waals surface area contributed by atoms with E-state index in [1.807, 2.05) is 24.3 Å². The predicted molar refractivity (Wildman–Crippen MR) is 196 cm³/mol. The van der Waals surface area contributed by atoms with Gasteiger partial charge in [-0.3, -0.25) is 19.4 Å². The van der Waals surface area contributed by atoms with Crippen molar-refractivity contribution < 1.29 is 19.1 Å². The van der Waals surface area contributed by atoms with Crippen LogP contribution in [-0.2, 0) is 22.7 Å². The zero-order chi connectivity index (χ0) is 34.7. The minimum Gasteiger partial charge on any atom is -0.496 e. The Balaban J connectivity index is 1.26. The summed E-state index contributed by atoms with van der Waals surface area (Å²) >= 11 is 0. The molecule has 264 valence electrons. The van der Waals surface area contributed by atoms with Crippen LogP contribution in [0.15, 0.2) is 72.1 Å². The van der Waals surface area contributed by atoms with E-state index in [4.69, 9.17) is 9.47 Å². The van der Waals surface area contributed by atoms with Gasteiger partial charge in [0.25, 0.3) is 0 Å². The number of carbonyl (C=O) groups excluding carboxylic acids is 2. The van der Waals surface area contributed by atoms with E-state index in [-0.39, 0.29) is 11.6 Å². The number of hydrogen-bond acceptors (Lipinski definition) is 8. The average Bonchev–Trinajstić information content (AvgIpc) is 3.08. The van der Waals surface area contributed by atoms with E-state index in [1.165, 1.54) is 23.3 Å². The third-order valence-corrected chi connectivity index (χ3v) is 9.05. The normalized spacial score (nSPS) is 13.4. The molecule has 0 spiro atoms. The first kappa shape index (κ1) is 38.8. The topological polar surface area (TPSA) is 83.1 Å². The van der Waals surface area contributed by atoms with Crippen molar-refractivity contribution in [3.05, 3.63) is 83.2 Å². The molecule has 0 bridgehead atoms. The highest BCUT2D eigenvalue weighted by molar-refractivity contribution is 6.19. The number of benzene rings is 2. The van der Waals surface area contributed by atoms with Crippen LogP contribution < -0.4 is 20.1 Å². The van der Waals surface area contributed by atoms with Crippen LogP contribution in [0.3, 0.4) is 0 Å². The van der Waals surface area contributed by atoms with Crippen molar-refractivity contribution in [2.24, 2.45) is 0 Å². The molecule has 0 aromatic heterocycles. The van der Waals surface area contributed by atoms with E-state index < -0.39 is 0 Å². The second kappa shape index (κ2) is 21.4. The van der Waals surface area contributed by atoms with Crippen LogP contribution in [-0.4, -0.2) is 73.8 Å². The van der Waals surface area contributed by atoms with Crippen LogP contribution in [0.1, 0.15) is 90.2 Å². The van der Waals surface area contributed by atoms with E-state index in [1.54, 1.807) is 14.2 Å². The zero-order valence-corrected chi connectivity index (χ0v) is 30.4. The van der Waals surface area contributed by atoms with Crippen LogP contribution in [0.5, 0.6) is 11.5 Å². The van der Waals surface area contributed by atoms with Gasteiger partial charge < -0.3 is 20.1 Å². The van der Waals surface area contributed by atoms with E-state index in [0.29, 0.717) is 36.6 Å². The molecule has 0 fully saturated rings. The summed E-state index contributed by atoms with van der Waals surface area (Å²) in [5.41, 5.74) is 3.23. The Morgan fingerprint density at radius 3 is 1.31 bits per heavy atom. The largest absolute Gasteiger partial charge is 0.496 e. The molecule has 0 atom stereocenters. The Hall–Kier alpha value is -3.62. The van der Waals surface area contributed by atoms with Crippen LogP contribution >= 0.6 is 0 Å². The molecular weight excluding hydrogens is 600 g/mol. The fraction of sp³-hybridized carbons (Fsp3) is 0.550. The van der Waals surface area contributed by atoms with Crippen molar-refractivity contribution in [2.45, 2.75) is 104 Å². The fourth-order valence-electron chi connectivity index (χ4n) is 6.01. The lowest BCUT2D eigenvalue weighted by Gasteiger charge is -2.27. The lowest BCUT2D eigenvalue weighted by atomic mass is 10.1. The number of nitrogens with one attached hydrogen (secondary N) is 2.